The van der Waals surface area contributed by atoms with Gasteiger partial charge in [-0.05, 0) is 12.0 Å². The van der Waals surface area contributed by atoms with Crippen molar-refractivity contribution in [3.63, 3.8) is 0 Å². The van der Waals surface area contributed by atoms with Crippen LogP contribution in [0.25, 0.3) is 0 Å². The number of hydrogen-bond acceptors (Lipinski definition) is 8. The first-order valence-corrected chi connectivity index (χ1v) is 6.91. The van der Waals surface area contributed by atoms with Crippen molar-refractivity contribution >= 4 is 23.9 Å². The van der Waals surface area contributed by atoms with Gasteiger partial charge in [0.2, 0.25) is 0 Å². The number of nitrogens with zero attached hydrogens (tertiary/aromatic N) is 1. The summed E-state index contributed by atoms with van der Waals surface area (Å²) >= 11 is 1.25. The second kappa shape index (κ2) is 6.46. The van der Waals surface area contributed by atoms with Gasteiger partial charge >= 0.3 is 7.12 Å². The first-order chi connectivity index (χ1) is 9.56. The summed E-state index contributed by atoms with van der Waals surface area (Å²) in [4.78, 5) is 0. The van der Waals surface area contributed by atoms with Crippen LogP contribution in [0.2, 0.25) is 0 Å². The van der Waals surface area contributed by atoms with E-state index in [1.165, 1.54) is 17.8 Å². The normalized spacial score (nSPS) is 18.9. The molecule has 7 N–H and O–H groups in total. The van der Waals surface area contributed by atoms with Gasteiger partial charge in [-0.1, -0.05) is 18.2 Å². The van der Waals surface area contributed by atoms with Gasteiger partial charge in [0.1, 0.15) is 10.8 Å². The van der Waals surface area contributed by atoms with Gasteiger partial charge in [-0.25, -0.2) is 0 Å². The first-order valence-electron chi connectivity index (χ1n) is 6.03. The third-order valence-electron chi connectivity index (χ3n) is 2.99. The maximum absolute atomic E-state index is 10.0. The number of aliphatic hydroxyl groups excluding tert-OH is 1. The third kappa shape index (κ3) is 3.07. The van der Waals surface area contributed by atoms with E-state index in [1.807, 2.05) is 6.07 Å². The summed E-state index contributed by atoms with van der Waals surface area (Å²) in [6.07, 6.45) is -1.16. The molecule has 0 radical (unpaired) electrons. The molecule has 9 heteroatoms. The number of rotatable bonds is 3. The first kappa shape index (κ1) is 15.1. The number of thioether (sulfide) groups is 1. The minimum absolute atomic E-state index is 0.187. The second-order valence-corrected chi connectivity index (χ2v) is 5.62. The van der Waals surface area contributed by atoms with Crippen molar-refractivity contribution in [2.24, 2.45) is 16.7 Å². The monoisotopic (exact) mass is 297 g/mol. The van der Waals surface area contributed by atoms with Crippen molar-refractivity contribution in [1.82, 2.24) is 0 Å². The van der Waals surface area contributed by atoms with Gasteiger partial charge in [0.05, 0.1) is 5.15 Å². The summed E-state index contributed by atoms with van der Waals surface area (Å²) in [6.45, 7) is 0.187. The summed E-state index contributed by atoms with van der Waals surface area (Å²) in [5.41, 5.74) is 6.50. The van der Waals surface area contributed by atoms with Gasteiger partial charge in [0, 0.05) is 12.1 Å². The van der Waals surface area contributed by atoms with Gasteiger partial charge in [0.15, 0.2) is 6.29 Å². The number of nitrogens with two attached hydrogens (primary N) is 2. The molecule has 0 aromatic heterocycles. The number of aliphatic hydroxyl groups is 2. The molecule has 7 nitrogen and oxygen atoms in total. The fourth-order valence-electron chi connectivity index (χ4n) is 2.03. The van der Waals surface area contributed by atoms with Crippen molar-refractivity contribution in [3.05, 3.63) is 29.3 Å². The highest BCUT2D eigenvalue weighted by atomic mass is 32.2. The predicted molar refractivity (Wildman–Crippen MR) is 78.0 cm³/mol. The van der Waals surface area contributed by atoms with Crippen LogP contribution in [-0.2, 0) is 6.42 Å². The zero-order valence-electron chi connectivity index (χ0n) is 10.6. The molecule has 1 aromatic carbocycles. The molecule has 0 spiro atoms. The van der Waals surface area contributed by atoms with E-state index in [1.54, 1.807) is 6.07 Å². The summed E-state index contributed by atoms with van der Waals surface area (Å²) < 4.78 is 5.40. The summed E-state index contributed by atoms with van der Waals surface area (Å²) in [6, 6.07) is 5.05. The summed E-state index contributed by atoms with van der Waals surface area (Å²) in [5, 5.41) is 32.4. The van der Waals surface area contributed by atoms with E-state index in [9.17, 15) is 15.2 Å². The molecule has 0 saturated carbocycles. The highest BCUT2D eigenvalue weighted by Crippen LogP contribution is 2.36. The summed E-state index contributed by atoms with van der Waals surface area (Å²) in [5.74, 6) is 5.51. The molecule has 1 aromatic rings. The van der Waals surface area contributed by atoms with Gasteiger partial charge < -0.3 is 31.5 Å². The Labute approximate surface area is 120 Å². The Morgan fingerprint density at radius 2 is 2.30 bits per heavy atom. The molecule has 1 unspecified atom stereocenters. The van der Waals surface area contributed by atoms with Crippen LogP contribution in [0, 0.1) is 0 Å². The SMILES string of the molecule is NC/C(=N/N)SC1Cc2cccc(C(O)O)c2OB1O. The molecule has 1 heterocycles. The van der Waals surface area contributed by atoms with Crippen LogP contribution < -0.4 is 16.2 Å². The smallest absolute Gasteiger partial charge is 0.535 e. The fourth-order valence-corrected chi connectivity index (χ4v) is 2.97. The number of hydrazone groups is 1. The number of benzene rings is 1. The molecule has 1 aliphatic rings. The highest BCUT2D eigenvalue weighted by molar-refractivity contribution is 8.15. The zero-order chi connectivity index (χ0) is 14.7. The molecule has 0 amide bonds. The lowest BCUT2D eigenvalue weighted by atomic mass is 9.77. The molecule has 0 aliphatic carbocycles. The van der Waals surface area contributed by atoms with Crippen LogP contribution in [0.15, 0.2) is 23.3 Å². The predicted octanol–water partition coefficient (Wildman–Crippen LogP) is -1.04. The van der Waals surface area contributed by atoms with E-state index < -0.39 is 13.4 Å². The maximum Gasteiger partial charge on any atom is 0.537 e. The highest BCUT2D eigenvalue weighted by Gasteiger charge is 2.37. The van der Waals surface area contributed by atoms with Crippen LogP contribution in [0.5, 0.6) is 5.75 Å². The quantitative estimate of drug-likeness (QED) is 0.120. The lowest BCUT2D eigenvalue weighted by molar-refractivity contribution is -0.0436. The average Bonchev–Trinajstić information content (AvgIpc) is 2.44. The Kier molecular flexibility index (Phi) is 4.89. The van der Waals surface area contributed by atoms with E-state index in [-0.39, 0.29) is 17.3 Å². The number of hydrogen-bond donors (Lipinski definition) is 5. The van der Waals surface area contributed by atoms with Crippen LogP contribution in [0.1, 0.15) is 17.4 Å². The topological polar surface area (TPSA) is 134 Å². The fraction of sp³-hybridized carbons (Fsp3) is 0.364. The summed E-state index contributed by atoms with van der Waals surface area (Å²) in [7, 11) is -1.10. The Morgan fingerprint density at radius 3 is 2.90 bits per heavy atom. The molecule has 0 fully saturated rings. The van der Waals surface area contributed by atoms with Crippen molar-refractivity contribution in [1.29, 1.82) is 0 Å². The molecule has 108 valence electrons. The number of fused-ring (bicyclic) bond motifs is 1. The van der Waals surface area contributed by atoms with E-state index in [2.05, 4.69) is 5.10 Å². The Hall–Kier alpha value is -1.26. The molecule has 20 heavy (non-hydrogen) atoms. The third-order valence-corrected chi connectivity index (χ3v) is 4.24. The van der Waals surface area contributed by atoms with Crippen LogP contribution in [-0.4, -0.2) is 39.1 Å². The van der Waals surface area contributed by atoms with Crippen LogP contribution in [0.4, 0.5) is 0 Å². The van der Waals surface area contributed by atoms with E-state index in [4.69, 9.17) is 16.2 Å². The molecule has 0 saturated heterocycles. The second-order valence-electron chi connectivity index (χ2n) is 4.30. The minimum Gasteiger partial charge on any atom is -0.535 e. The lowest BCUT2D eigenvalue weighted by Gasteiger charge is -2.29. The van der Waals surface area contributed by atoms with E-state index in [0.29, 0.717) is 17.2 Å². The van der Waals surface area contributed by atoms with Crippen molar-refractivity contribution < 1.29 is 19.9 Å². The Balaban J connectivity index is 2.24. The van der Waals surface area contributed by atoms with Gasteiger partial charge in [-0.3, -0.25) is 0 Å². The maximum atomic E-state index is 10.0. The standard InChI is InChI=1S/C11H16BN3O4S/c13-5-9(15-14)20-8-4-6-2-1-3-7(11(16)17)10(6)19-12(8)18/h1-3,8,11,16-18H,4-5,13-14H2/b15-9-. The van der Waals surface area contributed by atoms with Crippen molar-refractivity contribution in [2.45, 2.75) is 17.9 Å². The Bertz CT molecular complexity index is 514. The van der Waals surface area contributed by atoms with Crippen LogP contribution in [0.3, 0.4) is 0 Å². The molecule has 1 atom stereocenters. The molecule has 0 bridgehead atoms. The molecule has 2 rings (SSSR count). The van der Waals surface area contributed by atoms with E-state index in [0.717, 1.165) is 5.56 Å². The zero-order valence-corrected chi connectivity index (χ0v) is 11.5. The molecular formula is C11H16BN3O4S. The minimum atomic E-state index is -1.65. The van der Waals surface area contributed by atoms with Crippen LogP contribution >= 0.6 is 11.8 Å². The van der Waals surface area contributed by atoms with Gasteiger partial charge in [-0.15, -0.1) is 11.8 Å². The van der Waals surface area contributed by atoms with E-state index >= 15 is 0 Å². The number of para-hydroxylation sites is 1. The van der Waals surface area contributed by atoms with Crippen molar-refractivity contribution in [2.75, 3.05) is 6.54 Å². The Morgan fingerprint density at radius 1 is 1.55 bits per heavy atom. The van der Waals surface area contributed by atoms with Gasteiger partial charge in [0.25, 0.3) is 0 Å². The molecular weight excluding hydrogens is 281 g/mol. The average molecular weight is 297 g/mol. The lowest BCUT2D eigenvalue weighted by Crippen LogP contribution is -2.42. The van der Waals surface area contributed by atoms with Crippen molar-refractivity contribution in [3.8, 4) is 5.75 Å². The van der Waals surface area contributed by atoms with Gasteiger partial charge in [-0.2, -0.15) is 5.10 Å². The largest absolute Gasteiger partial charge is 0.537 e. The molecule has 1 aliphatic heterocycles.